The predicted molar refractivity (Wildman–Crippen MR) is 77.4 cm³/mol. The third-order valence-corrected chi connectivity index (χ3v) is 3.31. The average Bonchev–Trinajstić information content (AvgIpc) is 2.42. The highest BCUT2D eigenvalue weighted by molar-refractivity contribution is 5.76. The maximum absolute atomic E-state index is 12.0. The van der Waals surface area contributed by atoms with Crippen molar-refractivity contribution < 1.29 is 19.2 Å². The SMILES string of the molecule is CC(C)(C)OC(=O)NOC(=O)[C@@H]1CCc2ccccc2C1. The number of aryl methyl sites for hydroxylation is 1. The van der Waals surface area contributed by atoms with Crippen LogP contribution in [0.5, 0.6) is 0 Å². The van der Waals surface area contributed by atoms with Gasteiger partial charge in [0.05, 0.1) is 5.92 Å². The summed E-state index contributed by atoms with van der Waals surface area (Å²) < 4.78 is 5.00. The lowest BCUT2D eigenvalue weighted by Crippen LogP contribution is -2.36. The largest absolute Gasteiger partial charge is 0.442 e. The Morgan fingerprint density at radius 2 is 1.86 bits per heavy atom. The maximum Gasteiger partial charge on any atom is 0.441 e. The first kappa shape index (κ1) is 15.4. The second-order valence-corrected chi connectivity index (χ2v) is 6.23. The number of benzene rings is 1. The molecule has 1 aliphatic carbocycles. The van der Waals surface area contributed by atoms with E-state index >= 15 is 0 Å². The first-order valence-corrected chi connectivity index (χ1v) is 7.11. The molecular weight excluding hydrogens is 270 g/mol. The molecule has 0 spiro atoms. The van der Waals surface area contributed by atoms with Crippen molar-refractivity contribution in [2.24, 2.45) is 5.92 Å². The highest BCUT2D eigenvalue weighted by Crippen LogP contribution is 2.25. The molecular formula is C16H21NO4. The fourth-order valence-corrected chi connectivity index (χ4v) is 2.37. The molecule has 0 aromatic heterocycles. The van der Waals surface area contributed by atoms with Crippen molar-refractivity contribution in [1.29, 1.82) is 0 Å². The van der Waals surface area contributed by atoms with Gasteiger partial charge in [0.25, 0.3) is 0 Å². The summed E-state index contributed by atoms with van der Waals surface area (Å²) in [4.78, 5) is 28.3. The summed E-state index contributed by atoms with van der Waals surface area (Å²) in [6.45, 7) is 5.23. The minimum atomic E-state index is -0.757. The molecule has 1 N–H and O–H groups in total. The average molecular weight is 291 g/mol. The minimum absolute atomic E-state index is 0.227. The van der Waals surface area contributed by atoms with E-state index in [1.165, 1.54) is 11.1 Å². The Balaban J connectivity index is 1.84. The van der Waals surface area contributed by atoms with E-state index in [4.69, 9.17) is 9.57 Å². The zero-order valence-electron chi connectivity index (χ0n) is 12.6. The maximum atomic E-state index is 12.0. The Morgan fingerprint density at radius 1 is 1.19 bits per heavy atom. The van der Waals surface area contributed by atoms with Gasteiger partial charge < -0.3 is 9.57 Å². The van der Waals surface area contributed by atoms with Crippen molar-refractivity contribution in [3.05, 3.63) is 35.4 Å². The lowest BCUT2D eigenvalue weighted by atomic mass is 9.84. The minimum Gasteiger partial charge on any atom is -0.442 e. The summed E-state index contributed by atoms with van der Waals surface area (Å²) >= 11 is 0. The van der Waals surface area contributed by atoms with Crippen LogP contribution in [0, 0.1) is 5.92 Å². The van der Waals surface area contributed by atoms with E-state index in [9.17, 15) is 9.59 Å². The summed E-state index contributed by atoms with van der Waals surface area (Å²) in [6.07, 6.45) is 1.46. The van der Waals surface area contributed by atoms with Crippen molar-refractivity contribution in [3.8, 4) is 0 Å². The molecule has 0 saturated heterocycles. The van der Waals surface area contributed by atoms with Crippen LogP contribution < -0.4 is 5.48 Å². The molecule has 1 atom stereocenters. The molecule has 0 radical (unpaired) electrons. The van der Waals surface area contributed by atoms with Crippen molar-refractivity contribution in [2.75, 3.05) is 0 Å². The number of fused-ring (bicyclic) bond motifs is 1. The van der Waals surface area contributed by atoms with Crippen LogP contribution in [0.4, 0.5) is 4.79 Å². The van der Waals surface area contributed by atoms with Crippen LogP contribution in [0.1, 0.15) is 38.3 Å². The van der Waals surface area contributed by atoms with Gasteiger partial charge in [0.2, 0.25) is 0 Å². The number of nitrogens with one attached hydrogen (secondary N) is 1. The summed E-state index contributed by atoms with van der Waals surface area (Å²) in [5, 5.41) is 0. The molecule has 0 aliphatic heterocycles. The standard InChI is InChI=1S/C16H21NO4/c1-16(2,3)20-15(19)17-21-14(18)13-9-8-11-6-4-5-7-12(11)10-13/h4-7,13H,8-10H2,1-3H3,(H,17,19)/t13-/m1/s1. The molecule has 0 unspecified atom stereocenters. The van der Waals surface area contributed by atoms with Gasteiger partial charge in [-0.25, -0.2) is 9.59 Å². The number of amides is 1. The number of carbonyl (C=O) groups excluding carboxylic acids is 2. The summed E-state index contributed by atoms with van der Waals surface area (Å²) in [5.41, 5.74) is 3.87. The van der Waals surface area contributed by atoms with Crippen LogP contribution in [-0.4, -0.2) is 17.7 Å². The van der Waals surface area contributed by atoms with E-state index in [2.05, 4.69) is 6.07 Å². The van der Waals surface area contributed by atoms with E-state index in [1.807, 2.05) is 23.7 Å². The lowest BCUT2D eigenvalue weighted by molar-refractivity contribution is -0.156. The molecule has 21 heavy (non-hydrogen) atoms. The molecule has 5 heteroatoms. The van der Waals surface area contributed by atoms with Crippen LogP contribution in [0.25, 0.3) is 0 Å². The highest BCUT2D eigenvalue weighted by atomic mass is 16.7. The number of hydroxylamine groups is 1. The third-order valence-electron chi connectivity index (χ3n) is 3.31. The van der Waals surface area contributed by atoms with Gasteiger partial charge in [0.1, 0.15) is 5.60 Å². The molecule has 5 nitrogen and oxygen atoms in total. The molecule has 0 bridgehead atoms. The molecule has 1 aromatic rings. The van der Waals surface area contributed by atoms with Gasteiger partial charge >= 0.3 is 12.1 Å². The molecule has 1 aromatic carbocycles. The van der Waals surface area contributed by atoms with E-state index in [-0.39, 0.29) is 5.92 Å². The van der Waals surface area contributed by atoms with Crippen molar-refractivity contribution >= 4 is 12.1 Å². The normalized spacial score (nSPS) is 17.6. The smallest absolute Gasteiger partial charge is 0.441 e. The summed E-state index contributed by atoms with van der Waals surface area (Å²) in [5.74, 6) is -0.648. The third kappa shape index (κ3) is 4.48. The van der Waals surface area contributed by atoms with Crippen LogP contribution in [-0.2, 0) is 27.2 Å². The van der Waals surface area contributed by atoms with Gasteiger partial charge in [-0.3, -0.25) is 0 Å². The topological polar surface area (TPSA) is 64.6 Å². The lowest BCUT2D eigenvalue weighted by Gasteiger charge is -2.23. The van der Waals surface area contributed by atoms with Crippen molar-refractivity contribution in [3.63, 3.8) is 0 Å². The fourth-order valence-electron chi connectivity index (χ4n) is 2.37. The second-order valence-electron chi connectivity index (χ2n) is 6.23. The van der Waals surface area contributed by atoms with Gasteiger partial charge in [-0.15, -0.1) is 5.48 Å². The molecule has 0 heterocycles. The number of rotatable bonds is 1. The van der Waals surface area contributed by atoms with E-state index in [0.717, 1.165) is 12.8 Å². The van der Waals surface area contributed by atoms with Gasteiger partial charge in [0.15, 0.2) is 0 Å². The second kappa shape index (κ2) is 6.16. The fraction of sp³-hybridized carbons (Fsp3) is 0.500. The van der Waals surface area contributed by atoms with Crippen LogP contribution in [0.2, 0.25) is 0 Å². The van der Waals surface area contributed by atoms with Gasteiger partial charge in [-0.05, 0) is 51.2 Å². The van der Waals surface area contributed by atoms with Gasteiger partial charge in [-0.2, -0.15) is 0 Å². The number of hydrogen-bond donors (Lipinski definition) is 1. The molecule has 1 amide bonds. The molecule has 2 rings (SSSR count). The Morgan fingerprint density at radius 3 is 2.52 bits per heavy atom. The Kier molecular flexibility index (Phi) is 4.50. The Bertz CT molecular complexity index is 533. The zero-order valence-corrected chi connectivity index (χ0v) is 12.6. The highest BCUT2D eigenvalue weighted by Gasteiger charge is 2.27. The number of hydrogen-bond acceptors (Lipinski definition) is 4. The van der Waals surface area contributed by atoms with E-state index in [0.29, 0.717) is 6.42 Å². The summed E-state index contributed by atoms with van der Waals surface area (Å²) in [6, 6.07) is 8.07. The van der Waals surface area contributed by atoms with Crippen LogP contribution >= 0.6 is 0 Å². The molecule has 0 saturated carbocycles. The van der Waals surface area contributed by atoms with Crippen molar-refractivity contribution in [2.45, 2.75) is 45.6 Å². The van der Waals surface area contributed by atoms with Gasteiger partial charge in [-0.1, -0.05) is 24.3 Å². The summed E-state index contributed by atoms with van der Waals surface area (Å²) in [7, 11) is 0. The van der Waals surface area contributed by atoms with Crippen molar-refractivity contribution in [1.82, 2.24) is 5.48 Å². The molecule has 0 fully saturated rings. The Labute approximate surface area is 124 Å². The predicted octanol–water partition coefficient (Wildman–Crippen LogP) is 2.77. The quantitative estimate of drug-likeness (QED) is 0.808. The monoisotopic (exact) mass is 291 g/mol. The Hall–Kier alpha value is -2.04. The molecule has 1 aliphatic rings. The number of carbonyl (C=O) groups is 2. The van der Waals surface area contributed by atoms with E-state index < -0.39 is 17.7 Å². The van der Waals surface area contributed by atoms with Gasteiger partial charge in [0, 0.05) is 0 Å². The first-order chi connectivity index (χ1) is 9.85. The van der Waals surface area contributed by atoms with E-state index in [1.54, 1.807) is 20.8 Å². The molecule has 114 valence electrons. The van der Waals surface area contributed by atoms with Crippen LogP contribution in [0.15, 0.2) is 24.3 Å². The van der Waals surface area contributed by atoms with Crippen LogP contribution in [0.3, 0.4) is 0 Å². The zero-order chi connectivity index (χ0) is 15.5. The first-order valence-electron chi connectivity index (χ1n) is 7.11. The number of ether oxygens (including phenoxy) is 1.